The number of hydrogen-bond acceptors (Lipinski definition) is 4. The normalized spacial score (nSPS) is 23.9. The third kappa shape index (κ3) is 3.80. The molecule has 0 radical (unpaired) electrons. The van der Waals surface area contributed by atoms with Gasteiger partial charge in [0.1, 0.15) is 5.82 Å². The fourth-order valence-electron chi connectivity index (χ4n) is 3.64. The number of rotatable bonds is 5. The maximum absolute atomic E-state index is 14.5. The van der Waals surface area contributed by atoms with Crippen molar-refractivity contribution >= 4 is 35.8 Å². The zero-order valence-corrected chi connectivity index (χ0v) is 16.2. The first-order valence-electron chi connectivity index (χ1n) is 9.06. The molecule has 2 aliphatic rings. The maximum Gasteiger partial charge on any atom is 0.157 e. The largest absolute Gasteiger partial charge is 0.297 e. The van der Waals surface area contributed by atoms with Crippen LogP contribution in [0.15, 0.2) is 46.7 Å². The molecule has 2 atom stereocenters. The molecule has 5 heteroatoms. The summed E-state index contributed by atoms with van der Waals surface area (Å²) < 4.78 is 14.5. The molecule has 0 N–H and O–H groups in total. The van der Waals surface area contributed by atoms with E-state index in [1.807, 2.05) is 6.07 Å². The highest BCUT2D eigenvalue weighted by Gasteiger charge is 2.40. The van der Waals surface area contributed by atoms with Crippen LogP contribution in [0.5, 0.6) is 0 Å². The first kappa shape index (κ1) is 18.0. The predicted molar refractivity (Wildman–Crippen MR) is 108 cm³/mol. The van der Waals surface area contributed by atoms with Gasteiger partial charge in [-0.1, -0.05) is 24.3 Å². The van der Waals surface area contributed by atoms with E-state index >= 15 is 0 Å². The van der Waals surface area contributed by atoms with Gasteiger partial charge in [0.15, 0.2) is 5.78 Å². The van der Waals surface area contributed by atoms with Crippen molar-refractivity contribution in [2.24, 2.45) is 5.92 Å². The summed E-state index contributed by atoms with van der Waals surface area (Å²) in [6.45, 7) is 1.41. The minimum absolute atomic E-state index is 0.0950. The van der Waals surface area contributed by atoms with Gasteiger partial charge >= 0.3 is 0 Å². The summed E-state index contributed by atoms with van der Waals surface area (Å²) >= 11 is 6.40. The highest BCUT2D eigenvalue weighted by molar-refractivity contribution is 7.81. The van der Waals surface area contributed by atoms with Gasteiger partial charge in [0.2, 0.25) is 0 Å². The average Bonchev–Trinajstić information content (AvgIpc) is 3.37. The van der Waals surface area contributed by atoms with E-state index in [-0.39, 0.29) is 22.8 Å². The molecule has 2 nitrogen and oxygen atoms in total. The number of Topliss-reactive ketones (excluding diaryl/α,β-unsaturated/α-hetero) is 1. The van der Waals surface area contributed by atoms with E-state index in [1.165, 1.54) is 17.2 Å². The molecule has 1 aromatic carbocycles. The van der Waals surface area contributed by atoms with E-state index in [0.29, 0.717) is 12.1 Å². The first-order chi connectivity index (χ1) is 12.6. The summed E-state index contributed by atoms with van der Waals surface area (Å²) in [5, 5.41) is 4.35. The molecule has 0 bridgehead atoms. The van der Waals surface area contributed by atoms with Crippen molar-refractivity contribution in [1.29, 1.82) is 0 Å². The molecular formula is C21H22FNOS2. The summed E-state index contributed by atoms with van der Waals surface area (Å²) in [7, 11) is 0. The van der Waals surface area contributed by atoms with Gasteiger partial charge in [-0.05, 0) is 53.3 Å². The number of carbonyl (C=O) groups excluding carboxylic acids is 1. The molecule has 1 aromatic heterocycles. The van der Waals surface area contributed by atoms with E-state index in [0.717, 1.165) is 25.8 Å². The van der Waals surface area contributed by atoms with Gasteiger partial charge in [-0.3, -0.25) is 9.69 Å². The summed E-state index contributed by atoms with van der Waals surface area (Å²) in [4.78, 5) is 15.2. The lowest BCUT2D eigenvalue weighted by molar-refractivity contribution is -0.126. The number of piperidine rings is 1. The summed E-state index contributed by atoms with van der Waals surface area (Å²) in [5.74, 6) is -0.0249. The zero-order chi connectivity index (χ0) is 18.1. The molecular weight excluding hydrogens is 365 g/mol. The lowest BCUT2D eigenvalue weighted by Crippen LogP contribution is -2.42. The van der Waals surface area contributed by atoms with Gasteiger partial charge in [-0.25, -0.2) is 4.39 Å². The third-order valence-corrected chi connectivity index (χ3v) is 6.50. The number of likely N-dealkylation sites (tertiary alicyclic amines) is 1. The van der Waals surface area contributed by atoms with Gasteiger partial charge in [-0.2, -0.15) is 24.0 Å². The maximum atomic E-state index is 14.5. The van der Waals surface area contributed by atoms with E-state index in [4.69, 9.17) is 12.6 Å². The molecule has 1 aliphatic carbocycles. The number of nitrogens with zero attached hydrogens (tertiary/aromatic N) is 1. The van der Waals surface area contributed by atoms with Crippen LogP contribution in [0.2, 0.25) is 0 Å². The molecule has 2 fully saturated rings. The minimum atomic E-state index is -0.490. The topological polar surface area (TPSA) is 20.3 Å². The second kappa shape index (κ2) is 7.67. The standard InChI is InChI=1S/C21H22FNOS2/c22-18-4-2-1-3-17(18)20(21(24)15-5-6-15)23-9-7-19(25)16(12-23)11-14-8-10-26-13-14/h1-4,8,10-11,13,15,19-20,25H,5-7,9,12H2/b16-11-. The Kier molecular flexibility index (Phi) is 5.30. The number of hydrogen-bond donors (Lipinski definition) is 1. The van der Waals surface area contributed by atoms with Crippen molar-refractivity contribution in [2.75, 3.05) is 13.1 Å². The van der Waals surface area contributed by atoms with E-state index in [2.05, 4.69) is 27.8 Å². The Hall–Kier alpha value is -1.43. The second-order valence-corrected chi connectivity index (χ2v) is 8.55. The Balaban J connectivity index is 1.65. The molecule has 26 heavy (non-hydrogen) atoms. The molecule has 2 heterocycles. The van der Waals surface area contributed by atoms with Gasteiger partial charge in [0.05, 0.1) is 6.04 Å². The van der Waals surface area contributed by atoms with Crippen molar-refractivity contribution < 1.29 is 9.18 Å². The summed E-state index contributed by atoms with van der Waals surface area (Å²) in [5.41, 5.74) is 2.88. The third-order valence-electron chi connectivity index (χ3n) is 5.21. The van der Waals surface area contributed by atoms with E-state index < -0.39 is 6.04 Å². The molecule has 2 aromatic rings. The molecule has 4 rings (SSSR count). The molecule has 1 saturated heterocycles. The van der Waals surface area contributed by atoms with Crippen LogP contribution in [0, 0.1) is 11.7 Å². The molecule has 2 unspecified atom stereocenters. The van der Waals surface area contributed by atoms with Crippen molar-refractivity contribution in [1.82, 2.24) is 4.90 Å². The zero-order valence-electron chi connectivity index (χ0n) is 14.5. The van der Waals surface area contributed by atoms with Crippen molar-refractivity contribution in [3.8, 4) is 0 Å². The monoisotopic (exact) mass is 387 g/mol. The minimum Gasteiger partial charge on any atom is -0.297 e. The Bertz CT molecular complexity index is 813. The van der Waals surface area contributed by atoms with Crippen LogP contribution in [0.3, 0.4) is 0 Å². The SMILES string of the molecule is O=C(C1CC1)C(c1ccccc1F)N1CCC(S)/C(=C\c2ccsc2)C1. The lowest BCUT2D eigenvalue weighted by Gasteiger charge is -2.37. The summed E-state index contributed by atoms with van der Waals surface area (Å²) in [6.07, 6.45) is 4.90. The van der Waals surface area contributed by atoms with Gasteiger partial charge in [-0.15, -0.1) is 0 Å². The lowest BCUT2D eigenvalue weighted by atomic mass is 9.93. The average molecular weight is 388 g/mol. The Morgan fingerprint density at radius 2 is 2.08 bits per heavy atom. The highest BCUT2D eigenvalue weighted by Crippen LogP contribution is 2.39. The van der Waals surface area contributed by atoms with Crippen LogP contribution < -0.4 is 0 Å². The Labute approximate surface area is 163 Å². The van der Waals surface area contributed by atoms with Gasteiger partial charge in [0.25, 0.3) is 0 Å². The van der Waals surface area contributed by atoms with Gasteiger partial charge < -0.3 is 0 Å². The Morgan fingerprint density at radius 3 is 2.77 bits per heavy atom. The van der Waals surface area contributed by atoms with Crippen molar-refractivity contribution in [2.45, 2.75) is 30.6 Å². The molecule has 1 saturated carbocycles. The smallest absolute Gasteiger partial charge is 0.157 e. The van der Waals surface area contributed by atoms with E-state index in [9.17, 15) is 9.18 Å². The van der Waals surface area contributed by atoms with Crippen LogP contribution in [-0.4, -0.2) is 29.0 Å². The molecule has 0 spiro atoms. The van der Waals surface area contributed by atoms with Crippen LogP contribution >= 0.6 is 24.0 Å². The number of benzene rings is 1. The fourth-order valence-corrected chi connectivity index (χ4v) is 4.53. The Morgan fingerprint density at radius 1 is 1.27 bits per heavy atom. The number of carbonyl (C=O) groups is 1. The van der Waals surface area contributed by atoms with Crippen molar-refractivity contribution in [3.05, 3.63) is 63.6 Å². The fraction of sp³-hybridized carbons (Fsp3) is 0.381. The second-order valence-electron chi connectivity index (χ2n) is 7.15. The molecule has 136 valence electrons. The summed E-state index contributed by atoms with van der Waals surface area (Å²) in [6, 6.07) is 8.31. The molecule has 1 aliphatic heterocycles. The van der Waals surface area contributed by atoms with Gasteiger partial charge in [0, 0.05) is 29.8 Å². The van der Waals surface area contributed by atoms with Crippen LogP contribution in [-0.2, 0) is 4.79 Å². The quantitative estimate of drug-likeness (QED) is 0.729. The first-order valence-corrected chi connectivity index (χ1v) is 10.5. The van der Waals surface area contributed by atoms with Crippen LogP contribution in [0.4, 0.5) is 4.39 Å². The number of thiophene rings is 1. The number of halogens is 1. The molecule has 0 amide bonds. The number of thiol groups is 1. The van der Waals surface area contributed by atoms with Crippen molar-refractivity contribution in [3.63, 3.8) is 0 Å². The van der Waals surface area contributed by atoms with E-state index in [1.54, 1.807) is 23.5 Å². The van der Waals surface area contributed by atoms with Crippen LogP contribution in [0.25, 0.3) is 6.08 Å². The number of ketones is 1. The highest BCUT2D eigenvalue weighted by atomic mass is 32.1. The predicted octanol–water partition coefficient (Wildman–Crippen LogP) is 5.00. The van der Waals surface area contributed by atoms with Crippen LogP contribution in [0.1, 0.15) is 36.4 Å².